The van der Waals surface area contributed by atoms with Crippen molar-refractivity contribution in [2.75, 3.05) is 37.7 Å². The minimum atomic E-state index is -0.429. The van der Waals surface area contributed by atoms with Crippen LogP contribution in [0.15, 0.2) is 30.3 Å². The van der Waals surface area contributed by atoms with Crippen LogP contribution in [0.2, 0.25) is 0 Å². The number of nitrogens with one attached hydrogen (secondary N) is 1. The summed E-state index contributed by atoms with van der Waals surface area (Å²) in [5.74, 6) is 0. The molecule has 0 spiro atoms. The number of para-hydroxylation sites is 1. The summed E-state index contributed by atoms with van der Waals surface area (Å²) < 4.78 is 0. The molecule has 0 amide bonds. The van der Waals surface area contributed by atoms with E-state index in [2.05, 4.69) is 17.1 Å². The van der Waals surface area contributed by atoms with Crippen LogP contribution in [0, 0.1) is 0 Å². The van der Waals surface area contributed by atoms with Crippen LogP contribution in [0.25, 0.3) is 0 Å². The van der Waals surface area contributed by atoms with E-state index in [9.17, 15) is 5.11 Å². The van der Waals surface area contributed by atoms with Crippen LogP contribution in [0.4, 0.5) is 5.69 Å². The van der Waals surface area contributed by atoms with Crippen molar-refractivity contribution in [3.63, 3.8) is 0 Å². The lowest BCUT2D eigenvalue weighted by Crippen LogP contribution is -2.39. The van der Waals surface area contributed by atoms with Gasteiger partial charge in [0.2, 0.25) is 0 Å². The fourth-order valence-electron chi connectivity index (χ4n) is 1.72. The van der Waals surface area contributed by atoms with Crippen LogP contribution >= 0.6 is 0 Å². The Morgan fingerprint density at radius 2 is 2.00 bits per heavy atom. The van der Waals surface area contributed by atoms with Gasteiger partial charge >= 0.3 is 0 Å². The van der Waals surface area contributed by atoms with Gasteiger partial charge in [-0.25, -0.2) is 0 Å². The van der Waals surface area contributed by atoms with Crippen LogP contribution in [0.5, 0.6) is 0 Å². The average molecular weight is 238 g/mol. The number of hydrogen-bond donors (Lipinski definition) is 3. The van der Waals surface area contributed by atoms with E-state index in [1.165, 1.54) is 0 Å². The fraction of sp³-hybridized carbons (Fsp3) is 0.538. The van der Waals surface area contributed by atoms with Gasteiger partial charge in [0.25, 0.3) is 0 Å². The third kappa shape index (κ3) is 5.17. The summed E-state index contributed by atoms with van der Waals surface area (Å²) in [6, 6.07) is 10.0. The molecule has 1 rings (SSSR count). The van der Waals surface area contributed by atoms with Gasteiger partial charge in [0.05, 0.1) is 12.7 Å². The van der Waals surface area contributed by atoms with E-state index < -0.39 is 6.10 Å². The molecule has 0 heterocycles. The van der Waals surface area contributed by atoms with E-state index in [1.807, 2.05) is 30.3 Å². The highest BCUT2D eigenvalue weighted by Gasteiger charge is 2.10. The molecule has 1 aromatic rings. The summed E-state index contributed by atoms with van der Waals surface area (Å²) in [5, 5.41) is 21.5. The van der Waals surface area contributed by atoms with Gasteiger partial charge in [0.15, 0.2) is 0 Å². The molecule has 1 unspecified atom stereocenters. The van der Waals surface area contributed by atoms with E-state index in [0.717, 1.165) is 12.2 Å². The lowest BCUT2D eigenvalue weighted by molar-refractivity contribution is 0.173. The van der Waals surface area contributed by atoms with Crippen molar-refractivity contribution in [2.45, 2.75) is 13.0 Å². The van der Waals surface area contributed by atoms with Gasteiger partial charge in [-0.2, -0.15) is 0 Å². The molecular weight excluding hydrogens is 216 g/mol. The molecule has 17 heavy (non-hydrogen) atoms. The summed E-state index contributed by atoms with van der Waals surface area (Å²) in [4.78, 5) is 2.13. The van der Waals surface area contributed by atoms with Gasteiger partial charge in [-0.05, 0) is 19.1 Å². The SMILES string of the molecule is CCN(CC(O)CNCCO)c1ccccc1. The molecule has 0 saturated heterocycles. The summed E-state index contributed by atoms with van der Waals surface area (Å²) in [6.07, 6.45) is -0.429. The second-order valence-electron chi connectivity index (χ2n) is 3.96. The third-order valence-electron chi connectivity index (χ3n) is 2.60. The first-order valence-electron chi connectivity index (χ1n) is 6.07. The minimum absolute atomic E-state index is 0.100. The molecule has 0 radical (unpaired) electrons. The molecule has 0 aliphatic rings. The third-order valence-corrected chi connectivity index (χ3v) is 2.60. The Balaban J connectivity index is 2.41. The summed E-state index contributed by atoms with van der Waals surface area (Å²) in [7, 11) is 0. The zero-order valence-corrected chi connectivity index (χ0v) is 10.3. The van der Waals surface area contributed by atoms with Crippen molar-refractivity contribution >= 4 is 5.69 Å². The molecule has 0 bridgehead atoms. The molecule has 0 fully saturated rings. The Labute approximate surface area is 103 Å². The highest BCUT2D eigenvalue weighted by Crippen LogP contribution is 2.12. The molecule has 0 saturated carbocycles. The van der Waals surface area contributed by atoms with Gasteiger partial charge in [-0.3, -0.25) is 0 Å². The minimum Gasteiger partial charge on any atom is -0.395 e. The molecule has 1 aromatic carbocycles. The van der Waals surface area contributed by atoms with Crippen LogP contribution < -0.4 is 10.2 Å². The van der Waals surface area contributed by atoms with E-state index >= 15 is 0 Å². The average Bonchev–Trinajstić information content (AvgIpc) is 2.37. The highest BCUT2D eigenvalue weighted by atomic mass is 16.3. The molecule has 4 heteroatoms. The van der Waals surface area contributed by atoms with E-state index in [-0.39, 0.29) is 6.61 Å². The van der Waals surface area contributed by atoms with Crippen molar-refractivity contribution < 1.29 is 10.2 Å². The van der Waals surface area contributed by atoms with Gasteiger partial charge in [0, 0.05) is 31.9 Å². The van der Waals surface area contributed by atoms with Crippen LogP contribution in [0.3, 0.4) is 0 Å². The maximum absolute atomic E-state index is 9.85. The number of aliphatic hydroxyl groups excluding tert-OH is 2. The Bertz CT molecular complexity index is 293. The topological polar surface area (TPSA) is 55.7 Å². The summed E-state index contributed by atoms with van der Waals surface area (Å²) >= 11 is 0. The number of anilines is 1. The largest absolute Gasteiger partial charge is 0.395 e. The lowest BCUT2D eigenvalue weighted by Gasteiger charge is -2.26. The predicted molar refractivity (Wildman–Crippen MR) is 70.3 cm³/mol. The molecular formula is C13H22N2O2. The summed E-state index contributed by atoms with van der Waals surface area (Å²) in [5.41, 5.74) is 1.12. The van der Waals surface area contributed by atoms with Crippen LogP contribution in [-0.2, 0) is 0 Å². The standard InChI is InChI=1S/C13H22N2O2/c1-2-15(12-6-4-3-5-7-12)11-13(17)10-14-8-9-16/h3-7,13-14,16-17H,2,8-11H2,1H3. The number of likely N-dealkylation sites (N-methyl/N-ethyl adjacent to an activating group) is 1. The number of hydrogen-bond acceptors (Lipinski definition) is 4. The molecule has 0 aromatic heterocycles. The van der Waals surface area contributed by atoms with Gasteiger partial charge in [-0.15, -0.1) is 0 Å². The smallest absolute Gasteiger partial charge is 0.0839 e. The second kappa shape index (κ2) is 8.06. The Morgan fingerprint density at radius 1 is 1.29 bits per heavy atom. The van der Waals surface area contributed by atoms with Gasteiger partial charge < -0.3 is 20.4 Å². The zero-order valence-electron chi connectivity index (χ0n) is 10.3. The molecule has 96 valence electrons. The summed E-state index contributed by atoms with van der Waals surface area (Å²) in [6.45, 7) is 4.65. The van der Waals surface area contributed by atoms with E-state index in [1.54, 1.807) is 0 Å². The van der Waals surface area contributed by atoms with Crippen molar-refractivity contribution in [1.82, 2.24) is 5.32 Å². The van der Waals surface area contributed by atoms with Crippen molar-refractivity contribution in [1.29, 1.82) is 0 Å². The van der Waals surface area contributed by atoms with Crippen molar-refractivity contribution in [3.05, 3.63) is 30.3 Å². The Kier molecular flexibility index (Phi) is 6.62. The highest BCUT2D eigenvalue weighted by molar-refractivity contribution is 5.45. The monoisotopic (exact) mass is 238 g/mol. The van der Waals surface area contributed by atoms with Crippen LogP contribution in [-0.4, -0.2) is 49.1 Å². The zero-order chi connectivity index (χ0) is 12.5. The number of benzene rings is 1. The van der Waals surface area contributed by atoms with Gasteiger partial charge in [0.1, 0.15) is 0 Å². The maximum atomic E-state index is 9.85. The fourth-order valence-corrected chi connectivity index (χ4v) is 1.72. The number of nitrogens with zero attached hydrogens (tertiary/aromatic N) is 1. The first kappa shape index (κ1) is 14.0. The molecule has 1 atom stereocenters. The van der Waals surface area contributed by atoms with Crippen molar-refractivity contribution in [3.8, 4) is 0 Å². The molecule has 3 N–H and O–H groups in total. The molecule has 0 aliphatic carbocycles. The first-order chi connectivity index (χ1) is 8.27. The van der Waals surface area contributed by atoms with Crippen LogP contribution in [0.1, 0.15) is 6.92 Å². The molecule has 4 nitrogen and oxygen atoms in total. The first-order valence-corrected chi connectivity index (χ1v) is 6.07. The van der Waals surface area contributed by atoms with Gasteiger partial charge in [-0.1, -0.05) is 18.2 Å². The van der Waals surface area contributed by atoms with E-state index in [4.69, 9.17) is 5.11 Å². The maximum Gasteiger partial charge on any atom is 0.0839 e. The second-order valence-corrected chi connectivity index (χ2v) is 3.96. The normalized spacial score (nSPS) is 12.4. The number of aliphatic hydroxyl groups is 2. The number of rotatable bonds is 8. The van der Waals surface area contributed by atoms with Crippen molar-refractivity contribution in [2.24, 2.45) is 0 Å². The van der Waals surface area contributed by atoms with E-state index in [0.29, 0.717) is 19.6 Å². The lowest BCUT2D eigenvalue weighted by atomic mass is 10.2. The predicted octanol–water partition coefficient (Wildman–Crippen LogP) is 0.456. The quantitative estimate of drug-likeness (QED) is 0.576. The molecule has 0 aliphatic heterocycles. The Hall–Kier alpha value is -1.10. The Morgan fingerprint density at radius 3 is 2.59 bits per heavy atom.